The Balaban J connectivity index is 1.82. The summed E-state index contributed by atoms with van der Waals surface area (Å²) in [5.74, 6) is 1.69. The molecule has 0 aliphatic heterocycles. The van der Waals surface area contributed by atoms with Gasteiger partial charge in [-0.15, -0.1) is 23.5 Å². The molecule has 1 aliphatic carbocycles. The summed E-state index contributed by atoms with van der Waals surface area (Å²) < 4.78 is 6.22. The first kappa shape index (κ1) is 18.0. The molecule has 1 fully saturated rings. The molecule has 0 spiro atoms. The second-order valence-electron chi connectivity index (χ2n) is 5.30. The van der Waals surface area contributed by atoms with Crippen LogP contribution >= 0.6 is 23.5 Å². The van der Waals surface area contributed by atoms with Gasteiger partial charge in [-0.3, -0.25) is 4.79 Å². The summed E-state index contributed by atoms with van der Waals surface area (Å²) in [7, 11) is 1.66. The van der Waals surface area contributed by atoms with Gasteiger partial charge in [-0.25, -0.2) is 0 Å². The van der Waals surface area contributed by atoms with Gasteiger partial charge in [-0.05, 0) is 42.5 Å². The second kappa shape index (κ2) is 9.04. The summed E-state index contributed by atoms with van der Waals surface area (Å²) in [5.41, 5.74) is 1.13. The van der Waals surface area contributed by atoms with Gasteiger partial charge in [0.1, 0.15) is 5.75 Å². The van der Waals surface area contributed by atoms with E-state index in [1.54, 1.807) is 36.7 Å². The lowest BCUT2D eigenvalue weighted by molar-refractivity contribution is -0.115. The van der Waals surface area contributed by atoms with Crippen LogP contribution in [0.15, 0.2) is 52.8 Å². The molecule has 0 radical (unpaired) electrons. The van der Waals surface area contributed by atoms with Crippen LogP contribution in [0.3, 0.4) is 0 Å². The summed E-state index contributed by atoms with van der Waals surface area (Å²) in [6.45, 7) is 0. The highest BCUT2D eigenvalue weighted by Crippen LogP contribution is 2.41. The molecule has 1 aliphatic rings. The van der Waals surface area contributed by atoms with E-state index in [1.165, 1.54) is 0 Å². The molecule has 0 aromatic heterocycles. The van der Waals surface area contributed by atoms with Gasteiger partial charge in [0.2, 0.25) is 0 Å². The standard InChI is InChI=1S/C19H22O2S2/c1-21-16-10-8-14(9-11-16)6-4-5-7-15-12-17(15)18(20)13-19(22-2)23-3/h4-11,13,15,17H,12H2,1-3H3/b6-4+,7-5+. The highest BCUT2D eigenvalue weighted by atomic mass is 32.2. The number of methoxy groups -OCH3 is 1. The monoisotopic (exact) mass is 346 g/mol. The molecule has 0 N–H and O–H groups in total. The van der Waals surface area contributed by atoms with Crippen LogP contribution in [0.25, 0.3) is 6.08 Å². The van der Waals surface area contributed by atoms with Crippen molar-refractivity contribution >= 4 is 35.4 Å². The van der Waals surface area contributed by atoms with Gasteiger partial charge in [0.15, 0.2) is 5.78 Å². The Morgan fingerprint density at radius 2 is 1.87 bits per heavy atom. The van der Waals surface area contributed by atoms with Gasteiger partial charge in [0, 0.05) is 16.2 Å². The number of hydrogen-bond acceptors (Lipinski definition) is 4. The third-order valence-corrected chi connectivity index (χ3v) is 5.78. The number of rotatable bonds is 8. The van der Waals surface area contributed by atoms with Gasteiger partial charge in [0.25, 0.3) is 0 Å². The van der Waals surface area contributed by atoms with Crippen LogP contribution in [0, 0.1) is 11.8 Å². The lowest BCUT2D eigenvalue weighted by atomic mass is 10.2. The van der Waals surface area contributed by atoms with Gasteiger partial charge >= 0.3 is 0 Å². The molecule has 2 nitrogen and oxygen atoms in total. The maximum Gasteiger partial charge on any atom is 0.161 e. The Morgan fingerprint density at radius 1 is 1.17 bits per heavy atom. The third kappa shape index (κ3) is 5.63. The van der Waals surface area contributed by atoms with Crippen LogP contribution in [-0.4, -0.2) is 25.4 Å². The van der Waals surface area contributed by atoms with E-state index < -0.39 is 0 Å². The molecular formula is C19H22O2S2. The molecule has 1 aromatic carbocycles. The van der Waals surface area contributed by atoms with Crippen molar-refractivity contribution < 1.29 is 9.53 Å². The van der Waals surface area contributed by atoms with Gasteiger partial charge < -0.3 is 4.74 Å². The average molecular weight is 347 g/mol. The quantitative estimate of drug-likeness (QED) is 0.487. The van der Waals surface area contributed by atoms with E-state index >= 15 is 0 Å². The summed E-state index contributed by atoms with van der Waals surface area (Å²) >= 11 is 3.26. The van der Waals surface area contributed by atoms with Crippen LogP contribution in [0.2, 0.25) is 0 Å². The maximum absolute atomic E-state index is 12.1. The van der Waals surface area contributed by atoms with Crippen LogP contribution in [0.5, 0.6) is 5.75 Å². The van der Waals surface area contributed by atoms with Crippen LogP contribution in [0.4, 0.5) is 0 Å². The Morgan fingerprint density at radius 3 is 2.48 bits per heavy atom. The molecule has 0 bridgehead atoms. The van der Waals surface area contributed by atoms with Crippen LogP contribution in [-0.2, 0) is 4.79 Å². The predicted octanol–water partition coefficient (Wildman–Crippen LogP) is 5.04. The number of carbonyl (C=O) groups excluding carboxylic acids is 1. The smallest absolute Gasteiger partial charge is 0.161 e. The summed E-state index contributed by atoms with van der Waals surface area (Å²) in [6.07, 6.45) is 15.0. The van der Waals surface area contributed by atoms with Crippen molar-refractivity contribution in [2.24, 2.45) is 11.8 Å². The first-order valence-electron chi connectivity index (χ1n) is 7.50. The van der Waals surface area contributed by atoms with E-state index in [1.807, 2.05) is 48.9 Å². The van der Waals surface area contributed by atoms with Gasteiger partial charge in [-0.1, -0.05) is 36.4 Å². The molecule has 2 atom stereocenters. The largest absolute Gasteiger partial charge is 0.497 e. The first-order chi connectivity index (χ1) is 11.2. The molecule has 23 heavy (non-hydrogen) atoms. The zero-order valence-electron chi connectivity index (χ0n) is 13.7. The fourth-order valence-electron chi connectivity index (χ4n) is 2.27. The predicted molar refractivity (Wildman–Crippen MR) is 103 cm³/mol. The van der Waals surface area contributed by atoms with Gasteiger partial charge in [0.05, 0.1) is 7.11 Å². The summed E-state index contributed by atoms with van der Waals surface area (Å²) in [4.78, 5) is 12.1. The Kier molecular flexibility index (Phi) is 7.06. The zero-order chi connectivity index (χ0) is 16.7. The molecule has 2 unspecified atom stereocenters. The van der Waals surface area contributed by atoms with E-state index in [0.717, 1.165) is 22.0 Å². The molecule has 4 heteroatoms. The maximum atomic E-state index is 12.1. The molecule has 1 saturated carbocycles. The summed E-state index contributed by atoms with van der Waals surface area (Å²) in [5, 5.41) is 0. The molecule has 0 amide bonds. The van der Waals surface area contributed by atoms with E-state index in [2.05, 4.69) is 12.2 Å². The molecule has 2 rings (SSSR count). The van der Waals surface area contributed by atoms with Crippen molar-refractivity contribution in [2.45, 2.75) is 6.42 Å². The van der Waals surface area contributed by atoms with Crippen LogP contribution < -0.4 is 4.74 Å². The van der Waals surface area contributed by atoms with Crippen LogP contribution in [0.1, 0.15) is 12.0 Å². The lowest BCUT2D eigenvalue weighted by Gasteiger charge is -1.98. The fourth-order valence-corrected chi connectivity index (χ4v) is 3.40. The Labute approximate surface area is 147 Å². The minimum atomic E-state index is 0.176. The molecule has 1 aromatic rings. The first-order valence-corrected chi connectivity index (χ1v) is 9.95. The van der Waals surface area contributed by atoms with Crippen molar-refractivity contribution in [3.63, 3.8) is 0 Å². The number of allylic oxidation sites excluding steroid dienone is 4. The Bertz CT molecular complexity index is 609. The number of carbonyl (C=O) groups is 1. The zero-order valence-corrected chi connectivity index (χ0v) is 15.3. The number of benzene rings is 1. The number of thioether (sulfide) groups is 2. The van der Waals surface area contributed by atoms with Crippen molar-refractivity contribution in [1.29, 1.82) is 0 Å². The van der Waals surface area contributed by atoms with E-state index in [9.17, 15) is 4.79 Å². The van der Waals surface area contributed by atoms with Gasteiger partial charge in [-0.2, -0.15) is 0 Å². The average Bonchev–Trinajstić information content (AvgIpc) is 3.36. The van der Waals surface area contributed by atoms with E-state index in [4.69, 9.17) is 4.74 Å². The van der Waals surface area contributed by atoms with Crippen molar-refractivity contribution in [3.05, 3.63) is 58.4 Å². The lowest BCUT2D eigenvalue weighted by Crippen LogP contribution is -1.97. The van der Waals surface area contributed by atoms with Crippen molar-refractivity contribution in [1.82, 2.24) is 0 Å². The second-order valence-corrected chi connectivity index (χ2v) is 7.25. The topological polar surface area (TPSA) is 26.3 Å². The third-order valence-electron chi connectivity index (χ3n) is 3.74. The molecule has 0 saturated heterocycles. The number of ether oxygens (including phenoxy) is 1. The van der Waals surface area contributed by atoms with Crippen molar-refractivity contribution in [3.8, 4) is 5.75 Å². The highest BCUT2D eigenvalue weighted by molar-refractivity contribution is 8.21. The Hall–Kier alpha value is -1.39. The van der Waals surface area contributed by atoms with E-state index in [-0.39, 0.29) is 11.7 Å². The number of ketones is 1. The summed E-state index contributed by atoms with van der Waals surface area (Å²) in [6, 6.07) is 7.92. The highest BCUT2D eigenvalue weighted by Gasteiger charge is 2.39. The number of hydrogen-bond donors (Lipinski definition) is 0. The fraction of sp³-hybridized carbons (Fsp3) is 0.316. The van der Waals surface area contributed by atoms with E-state index in [0.29, 0.717) is 5.92 Å². The molecule has 122 valence electrons. The normalized spacial score (nSPS) is 20.0. The SMILES string of the molecule is COc1ccc(/C=C/C=C/C2CC2C(=O)C=C(SC)SC)cc1. The molecule has 0 heterocycles. The molecular weight excluding hydrogens is 324 g/mol. The van der Waals surface area contributed by atoms with Crippen molar-refractivity contribution in [2.75, 3.05) is 19.6 Å². The minimum Gasteiger partial charge on any atom is -0.497 e. The minimum absolute atomic E-state index is 0.176.